The standard InChI is InChI=1S/C11H12N2O/c1-8-3-4-9(11(7-8)14-2)10-5-6-12-13-10/h3-7H,1-2H3,(H,12,13). The van der Waals surface area contributed by atoms with Gasteiger partial charge in [-0.2, -0.15) is 5.10 Å². The maximum atomic E-state index is 5.30. The van der Waals surface area contributed by atoms with Gasteiger partial charge in [-0.15, -0.1) is 0 Å². The molecule has 0 saturated heterocycles. The molecular formula is C11H12N2O. The first-order chi connectivity index (χ1) is 6.81. The first-order valence-electron chi connectivity index (χ1n) is 4.45. The Labute approximate surface area is 82.7 Å². The Morgan fingerprint density at radius 3 is 2.79 bits per heavy atom. The molecule has 0 aliphatic rings. The van der Waals surface area contributed by atoms with E-state index in [1.807, 2.05) is 25.1 Å². The number of rotatable bonds is 2. The van der Waals surface area contributed by atoms with E-state index < -0.39 is 0 Å². The average Bonchev–Trinajstić information content (AvgIpc) is 2.70. The van der Waals surface area contributed by atoms with Crippen molar-refractivity contribution in [2.75, 3.05) is 7.11 Å². The quantitative estimate of drug-likeness (QED) is 0.785. The minimum Gasteiger partial charge on any atom is -0.496 e. The Morgan fingerprint density at radius 2 is 2.14 bits per heavy atom. The first-order valence-corrected chi connectivity index (χ1v) is 4.45. The number of hydrogen-bond donors (Lipinski definition) is 1. The van der Waals surface area contributed by atoms with Crippen LogP contribution in [-0.4, -0.2) is 17.3 Å². The number of hydrogen-bond acceptors (Lipinski definition) is 2. The van der Waals surface area contributed by atoms with Crippen LogP contribution in [0.4, 0.5) is 0 Å². The second kappa shape index (κ2) is 3.54. The summed E-state index contributed by atoms with van der Waals surface area (Å²) in [5.41, 5.74) is 3.20. The molecule has 1 aromatic carbocycles. The summed E-state index contributed by atoms with van der Waals surface area (Å²) in [6.45, 7) is 2.04. The Hall–Kier alpha value is -1.77. The van der Waals surface area contributed by atoms with Gasteiger partial charge in [0.25, 0.3) is 0 Å². The van der Waals surface area contributed by atoms with Gasteiger partial charge in [-0.05, 0) is 30.7 Å². The summed E-state index contributed by atoms with van der Waals surface area (Å²) in [6, 6.07) is 8.02. The van der Waals surface area contributed by atoms with Gasteiger partial charge in [-0.1, -0.05) is 6.07 Å². The van der Waals surface area contributed by atoms with Crippen LogP contribution in [0.15, 0.2) is 30.5 Å². The second-order valence-corrected chi connectivity index (χ2v) is 3.17. The first kappa shape index (κ1) is 8.81. The third-order valence-corrected chi connectivity index (χ3v) is 2.15. The van der Waals surface area contributed by atoms with Gasteiger partial charge in [0.05, 0.1) is 12.8 Å². The maximum absolute atomic E-state index is 5.30. The van der Waals surface area contributed by atoms with Crippen LogP contribution in [0.5, 0.6) is 5.75 Å². The number of methoxy groups -OCH3 is 1. The number of H-pyrrole nitrogens is 1. The monoisotopic (exact) mass is 188 g/mol. The molecule has 0 amide bonds. The van der Waals surface area contributed by atoms with Crippen molar-refractivity contribution in [2.24, 2.45) is 0 Å². The molecule has 2 aromatic rings. The molecule has 0 bridgehead atoms. The molecule has 1 N–H and O–H groups in total. The van der Waals surface area contributed by atoms with Gasteiger partial charge >= 0.3 is 0 Å². The summed E-state index contributed by atoms with van der Waals surface area (Å²) >= 11 is 0. The van der Waals surface area contributed by atoms with Crippen LogP contribution in [0, 0.1) is 6.92 Å². The van der Waals surface area contributed by atoms with Crippen molar-refractivity contribution in [1.29, 1.82) is 0 Å². The van der Waals surface area contributed by atoms with Crippen LogP contribution in [0.3, 0.4) is 0 Å². The number of nitrogens with zero attached hydrogens (tertiary/aromatic N) is 1. The molecule has 0 spiro atoms. The van der Waals surface area contributed by atoms with Gasteiger partial charge in [0.15, 0.2) is 0 Å². The van der Waals surface area contributed by atoms with Crippen LogP contribution < -0.4 is 4.74 Å². The van der Waals surface area contributed by atoms with Gasteiger partial charge in [0, 0.05) is 11.8 Å². The van der Waals surface area contributed by atoms with Gasteiger partial charge in [-0.25, -0.2) is 0 Å². The molecule has 0 aliphatic carbocycles. The smallest absolute Gasteiger partial charge is 0.128 e. The van der Waals surface area contributed by atoms with Crippen molar-refractivity contribution < 1.29 is 4.74 Å². The highest BCUT2D eigenvalue weighted by molar-refractivity contribution is 5.67. The van der Waals surface area contributed by atoms with Crippen molar-refractivity contribution >= 4 is 0 Å². The van der Waals surface area contributed by atoms with E-state index in [-0.39, 0.29) is 0 Å². The lowest BCUT2D eigenvalue weighted by Gasteiger charge is -2.07. The number of aromatic amines is 1. The van der Waals surface area contributed by atoms with Crippen LogP contribution in [0.25, 0.3) is 11.3 Å². The van der Waals surface area contributed by atoms with E-state index in [2.05, 4.69) is 16.3 Å². The zero-order chi connectivity index (χ0) is 9.97. The predicted molar refractivity (Wildman–Crippen MR) is 55.3 cm³/mol. The lowest BCUT2D eigenvalue weighted by molar-refractivity contribution is 0.416. The number of ether oxygens (including phenoxy) is 1. The maximum Gasteiger partial charge on any atom is 0.128 e. The Kier molecular flexibility index (Phi) is 2.23. The van der Waals surface area contributed by atoms with Crippen LogP contribution in [0.1, 0.15) is 5.56 Å². The number of nitrogens with one attached hydrogen (secondary N) is 1. The number of aryl methyl sites for hydroxylation is 1. The zero-order valence-electron chi connectivity index (χ0n) is 8.24. The van der Waals surface area contributed by atoms with E-state index in [0.29, 0.717) is 0 Å². The largest absolute Gasteiger partial charge is 0.496 e. The molecule has 0 fully saturated rings. The van der Waals surface area contributed by atoms with Gasteiger partial charge in [-0.3, -0.25) is 5.10 Å². The molecule has 0 unspecified atom stereocenters. The molecule has 1 aromatic heterocycles. The minimum absolute atomic E-state index is 0.870. The summed E-state index contributed by atoms with van der Waals surface area (Å²) in [7, 11) is 1.68. The van der Waals surface area contributed by atoms with Crippen LogP contribution in [-0.2, 0) is 0 Å². The van der Waals surface area contributed by atoms with Gasteiger partial charge in [0.2, 0.25) is 0 Å². The Bertz CT molecular complexity index is 421. The molecule has 72 valence electrons. The third-order valence-electron chi connectivity index (χ3n) is 2.15. The number of benzene rings is 1. The summed E-state index contributed by atoms with van der Waals surface area (Å²) in [5.74, 6) is 0.870. The topological polar surface area (TPSA) is 37.9 Å². The van der Waals surface area contributed by atoms with E-state index in [0.717, 1.165) is 17.0 Å². The Balaban J connectivity index is 2.53. The van der Waals surface area contributed by atoms with Crippen LogP contribution >= 0.6 is 0 Å². The molecule has 14 heavy (non-hydrogen) atoms. The molecule has 3 nitrogen and oxygen atoms in total. The molecule has 0 radical (unpaired) electrons. The van der Waals surface area contributed by atoms with E-state index >= 15 is 0 Å². The SMILES string of the molecule is COc1cc(C)ccc1-c1ccn[nH]1. The zero-order valence-corrected chi connectivity index (χ0v) is 8.24. The fourth-order valence-corrected chi connectivity index (χ4v) is 1.43. The van der Waals surface area contributed by atoms with E-state index in [4.69, 9.17) is 4.74 Å². The van der Waals surface area contributed by atoms with Crippen molar-refractivity contribution in [2.45, 2.75) is 6.92 Å². The van der Waals surface area contributed by atoms with Crippen molar-refractivity contribution in [3.05, 3.63) is 36.0 Å². The van der Waals surface area contributed by atoms with Crippen molar-refractivity contribution in [3.8, 4) is 17.0 Å². The lowest BCUT2D eigenvalue weighted by atomic mass is 10.1. The van der Waals surface area contributed by atoms with Crippen molar-refractivity contribution in [3.63, 3.8) is 0 Å². The minimum atomic E-state index is 0.870. The molecule has 0 atom stereocenters. The third kappa shape index (κ3) is 1.48. The summed E-state index contributed by atoms with van der Waals surface area (Å²) in [4.78, 5) is 0. The van der Waals surface area contributed by atoms with Crippen molar-refractivity contribution in [1.82, 2.24) is 10.2 Å². The molecule has 0 aliphatic heterocycles. The molecule has 3 heteroatoms. The Morgan fingerprint density at radius 1 is 1.29 bits per heavy atom. The van der Waals surface area contributed by atoms with Gasteiger partial charge in [0.1, 0.15) is 5.75 Å². The fourth-order valence-electron chi connectivity index (χ4n) is 1.43. The highest BCUT2D eigenvalue weighted by atomic mass is 16.5. The second-order valence-electron chi connectivity index (χ2n) is 3.17. The fraction of sp³-hybridized carbons (Fsp3) is 0.182. The van der Waals surface area contributed by atoms with Gasteiger partial charge < -0.3 is 4.74 Å². The summed E-state index contributed by atoms with van der Waals surface area (Å²) in [5, 5.41) is 6.83. The number of aromatic nitrogens is 2. The van der Waals surface area contributed by atoms with E-state index in [9.17, 15) is 0 Å². The molecule has 0 saturated carbocycles. The molecule has 1 heterocycles. The van der Waals surface area contributed by atoms with Crippen LogP contribution in [0.2, 0.25) is 0 Å². The summed E-state index contributed by atoms with van der Waals surface area (Å²) < 4.78 is 5.30. The predicted octanol–water partition coefficient (Wildman–Crippen LogP) is 2.39. The molecular weight excluding hydrogens is 176 g/mol. The summed E-state index contributed by atoms with van der Waals surface area (Å²) in [6.07, 6.45) is 1.73. The molecule has 2 rings (SSSR count). The van der Waals surface area contributed by atoms with E-state index in [1.54, 1.807) is 13.3 Å². The van der Waals surface area contributed by atoms with E-state index in [1.165, 1.54) is 5.56 Å². The average molecular weight is 188 g/mol. The highest BCUT2D eigenvalue weighted by Crippen LogP contribution is 2.28. The highest BCUT2D eigenvalue weighted by Gasteiger charge is 2.06. The lowest BCUT2D eigenvalue weighted by Crippen LogP contribution is -1.89. The normalized spacial score (nSPS) is 10.1.